The molecule has 2 aromatic rings. The Morgan fingerprint density at radius 3 is 2.09 bits per heavy atom. The Balaban J connectivity index is 0.000000389. The first-order chi connectivity index (χ1) is 15.6. The van der Waals surface area contributed by atoms with Crippen molar-refractivity contribution >= 4 is 36.2 Å². The van der Waals surface area contributed by atoms with Crippen molar-refractivity contribution in [1.29, 1.82) is 0 Å². The maximum atomic E-state index is 12.6. The summed E-state index contributed by atoms with van der Waals surface area (Å²) in [6.07, 6.45) is 0.705. The number of nitrogens with one attached hydrogen (secondary N) is 1. The zero-order valence-corrected chi connectivity index (χ0v) is 20.1. The third-order valence-corrected chi connectivity index (χ3v) is 6.99. The van der Waals surface area contributed by atoms with E-state index in [1.807, 2.05) is 35.8 Å². The second-order valence-electron chi connectivity index (χ2n) is 6.37. The van der Waals surface area contributed by atoms with Crippen LogP contribution in [0, 0.1) is 0 Å². The van der Waals surface area contributed by atoms with Crippen LogP contribution in [0.1, 0.15) is 13.8 Å². The molecule has 0 radical (unpaired) electrons. The number of amides is 1. The number of allylic oxidation sites excluding steroid dienone is 1. The van der Waals surface area contributed by atoms with E-state index in [9.17, 15) is 18.1 Å². The first kappa shape index (κ1) is 27.6. The number of hydrogen-bond acceptors (Lipinski definition) is 8. The number of carboxylic acids is 1. The Labute approximate surface area is 193 Å². The van der Waals surface area contributed by atoms with Crippen LogP contribution in [0.3, 0.4) is 0 Å². The van der Waals surface area contributed by atoms with Crippen LogP contribution < -0.4 is 9.83 Å². The Morgan fingerprint density at radius 1 is 1.03 bits per heavy atom. The number of benzene rings is 2. The third kappa shape index (κ3) is 8.55. The van der Waals surface area contributed by atoms with Gasteiger partial charge in [-0.1, -0.05) is 6.58 Å². The molecule has 0 aromatic heterocycles. The SMILES string of the molecule is C=C(C)C(=O)C(=CC(=O)O)OC.CC(=O)NO[As](=O)(OO)c1ccccc1-c1ccccc1. The molecule has 33 heavy (non-hydrogen) atoms. The van der Waals surface area contributed by atoms with Crippen molar-refractivity contribution in [3.63, 3.8) is 0 Å². The van der Waals surface area contributed by atoms with Crippen LogP contribution in [0.2, 0.25) is 0 Å². The maximum absolute atomic E-state index is 12.6. The average molecular weight is 521 g/mol. The molecule has 0 aliphatic rings. The van der Waals surface area contributed by atoms with Crippen molar-refractivity contribution < 1.29 is 40.9 Å². The van der Waals surface area contributed by atoms with Gasteiger partial charge in [0, 0.05) is 0 Å². The number of hydroxylamine groups is 1. The molecule has 11 heteroatoms. The van der Waals surface area contributed by atoms with E-state index in [4.69, 9.17) is 14.2 Å². The van der Waals surface area contributed by atoms with E-state index in [0.29, 0.717) is 11.6 Å². The second-order valence-corrected chi connectivity index (χ2v) is 10.2. The van der Waals surface area contributed by atoms with Gasteiger partial charge in [0.2, 0.25) is 5.78 Å². The zero-order valence-electron chi connectivity index (χ0n) is 18.2. The Bertz CT molecular complexity index is 1080. The van der Waals surface area contributed by atoms with E-state index >= 15 is 0 Å². The minimum absolute atomic E-state index is 0.207. The number of rotatable bonds is 9. The van der Waals surface area contributed by atoms with Gasteiger partial charge in [-0.15, -0.1) is 0 Å². The first-order valence-corrected chi connectivity index (χ1v) is 12.5. The monoisotopic (exact) mass is 521 g/mol. The normalized spacial score (nSPS) is 12.4. The van der Waals surface area contributed by atoms with Gasteiger partial charge in [-0.25, -0.2) is 4.79 Å². The number of ketones is 1. The van der Waals surface area contributed by atoms with Gasteiger partial charge in [-0.05, 0) is 12.5 Å². The van der Waals surface area contributed by atoms with Crippen LogP contribution in [0.15, 0.2) is 78.6 Å². The van der Waals surface area contributed by atoms with Crippen molar-refractivity contribution in [1.82, 2.24) is 5.48 Å². The molecule has 2 aromatic carbocycles. The second kappa shape index (κ2) is 13.2. The number of carbonyl (C=O) groups is 3. The molecule has 0 aliphatic heterocycles. The molecule has 0 fully saturated rings. The molecule has 0 saturated carbocycles. The molecular weight excluding hydrogens is 497 g/mol. The summed E-state index contributed by atoms with van der Waals surface area (Å²) in [6.45, 7) is 6.05. The summed E-state index contributed by atoms with van der Waals surface area (Å²) in [5.74, 6) is -2.48. The fraction of sp³-hybridized carbons (Fsp3) is 0.136. The topological polar surface area (TPSA) is 148 Å². The van der Waals surface area contributed by atoms with Gasteiger partial charge in [-0.3, -0.25) is 4.79 Å². The van der Waals surface area contributed by atoms with E-state index in [2.05, 4.69) is 15.2 Å². The van der Waals surface area contributed by atoms with Crippen LogP contribution in [-0.4, -0.2) is 49.3 Å². The average Bonchev–Trinajstić information content (AvgIpc) is 2.81. The van der Waals surface area contributed by atoms with Crippen molar-refractivity contribution in [2.75, 3.05) is 7.11 Å². The summed E-state index contributed by atoms with van der Waals surface area (Å²) < 4.78 is 26.3. The van der Waals surface area contributed by atoms with E-state index < -0.39 is 31.8 Å². The summed E-state index contributed by atoms with van der Waals surface area (Å²) in [7, 11) is 1.23. The van der Waals surface area contributed by atoms with Crippen LogP contribution in [0.4, 0.5) is 0 Å². The molecule has 3 N–H and O–H groups in total. The Morgan fingerprint density at radius 2 is 1.61 bits per heavy atom. The fourth-order valence-corrected chi connectivity index (χ4v) is 4.94. The number of hydrogen-bond donors (Lipinski definition) is 3. The molecule has 0 saturated heterocycles. The van der Waals surface area contributed by atoms with Gasteiger partial charge in [-0.2, -0.15) is 0 Å². The van der Waals surface area contributed by atoms with Crippen molar-refractivity contribution in [2.24, 2.45) is 0 Å². The first-order valence-electron chi connectivity index (χ1n) is 9.28. The molecule has 1 atom stereocenters. The van der Waals surface area contributed by atoms with Gasteiger partial charge in [0.05, 0.1) is 13.2 Å². The van der Waals surface area contributed by atoms with Crippen molar-refractivity contribution in [2.45, 2.75) is 13.8 Å². The molecule has 0 bridgehead atoms. The van der Waals surface area contributed by atoms with Crippen molar-refractivity contribution in [3.05, 3.63) is 78.6 Å². The predicted octanol–water partition coefficient (Wildman–Crippen LogP) is 2.23. The summed E-state index contributed by atoms with van der Waals surface area (Å²) in [5, 5.41) is 17.3. The summed E-state index contributed by atoms with van der Waals surface area (Å²) in [4.78, 5) is 32.1. The number of aliphatic carboxylic acids is 1. The van der Waals surface area contributed by atoms with Crippen LogP contribution in [-0.2, 0) is 30.6 Å². The number of carboxylic acid groups (broad SMARTS) is 1. The van der Waals surface area contributed by atoms with Crippen molar-refractivity contribution in [3.8, 4) is 11.1 Å². The molecule has 2 rings (SSSR count). The quantitative estimate of drug-likeness (QED) is 0.149. The van der Waals surface area contributed by atoms with Crippen LogP contribution in [0.5, 0.6) is 0 Å². The van der Waals surface area contributed by atoms with Crippen LogP contribution in [0.25, 0.3) is 11.1 Å². The number of ether oxygens (including phenoxy) is 1. The van der Waals surface area contributed by atoms with E-state index in [1.165, 1.54) is 27.0 Å². The molecule has 10 nitrogen and oxygen atoms in total. The molecular formula is C22H24AsNO9. The number of methoxy groups -OCH3 is 1. The molecule has 0 spiro atoms. The molecule has 0 heterocycles. The molecule has 1 amide bonds. The zero-order chi connectivity index (χ0) is 25.0. The summed E-state index contributed by atoms with van der Waals surface area (Å²) >= 11 is -4.81. The molecule has 176 valence electrons. The Kier molecular flexibility index (Phi) is 11.0. The number of carbonyl (C=O) groups excluding carboxylic acids is 2. The van der Waals surface area contributed by atoms with Gasteiger partial charge in [0.15, 0.2) is 5.76 Å². The summed E-state index contributed by atoms with van der Waals surface area (Å²) in [6, 6.07) is 15.8. The van der Waals surface area contributed by atoms with E-state index in [0.717, 1.165) is 5.56 Å². The van der Waals surface area contributed by atoms with Gasteiger partial charge in [0.1, 0.15) is 0 Å². The Hall–Kier alpha value is -3.43. The molecule has 1 unspecified atom stereocenters. The third-order valence-electron chi connectivity index (χ3n) is 3.79. The van der Waals surface area contributed by atoms with Gasteiger partial charge in [0.25, 0.3) is 0 Å². The van der Waals surface area contributed by atoms with E-state index in [-0.39, 0.29) is 15.7 Å². The standard InChI is InChI=1S/C14H14AsNO5.C8H10O4/c1-11(17)16-20-15(18,21-19)14-10-6-5-9-13(14)12-7-3-2-4-8-12;1-5(2)8(11)6(12-3)4-7(9)10/h2-10,19H,1H3,(H,16,17);4H,1H2,2-3H3,(H,9,10). The fourth-order valence-electron chi connectivity index (χ4n) is 2.35. The van der Waals surface area contributed by atoms with Gasteiger partial charge < -0.3 is 9.84 Å². The van der Waals surface area contributed by atoms with Gasteiger partial charge >= 0.3 is 130 Å². The summed E-state index contributed by atoms with van der Waals surface area (Å²) in [5.41, 5.74) is 3.58. The number of Topliss-reactive ketones (excluding diaryl/α,β-unsaturated/α-hetero) is 1. The predicted molar refractivity (Wildman–Crippen MR) is 119 cm³/mol. The molecule has 0 aliphatic carbocycles. The minimum atomic E-state index is -4.81. The van der Waals surface area contributed by atoms with Crippen LogP contribution >= 0.6 is 0 Å². The van der Waals surface area contributed by atoms with E-state index in [1.54, 1.807) is 18.2 Å².